The van der Waals surface area contributed by atoms with Gasteiger partial charge in [0.2, 0.25) is 0 Å². The standard InChI is InChI=1S/C17H17NO2/c1-3-7-12(4-2)18-16-11-10-15(17(19)20)13-8-5-6-9-14(13)16/h1,5-6,8-12,18H,4,7H2,2H3,(H,19,20). The molecule has 3 nitrogen and oxygen atoms in total. The largest absolute Gasteiger partial charge is 0.478 e. The van der Waals surface area contributed by atoms with Crippen LogP contribution in [0.15, 0.2) is 36.4 Å². The molecule has 1 atom stereocenters. The zero-order chi connectivity index (χ0) is 14.5. The van der Waals surface area contributed by atoms with Crippen molar-refractivity contribution in [2.24, 2.45) is 0 Å². The van der Waals surface area contributed by atoms with E-state index in [9.17, 15) is 9.90 Å². The maximum absolute atomic E-state index is 11.3. The Hall–Kier alpha value is -2.47. The van der Waals surface area contributed by atoms with Gasteiger partial charge in [-0.15, -0.1) is 12.3 Å². The molecule has 0 aromatic heterocycles. The molecule has 0 saturated carbocycles. The first-order chi connectivity index (χ1) is 9.67. The predicted octanol–water partition coefficient (Wildman–Crippen LogP) is 3.75. The van der Waals surface area contributed by atoms with Crippen LogP contribution in [0, 0.1) is 12.3 Å². The van der Waals surface area contributed by atoms with Gasteiger partial charge < -0.3 is 10.4 Å². The van der Waals surface area contributed by atoms with Gasteiger partial charge >= 0.3 is 5.97 Å². The molecule has 102 valence electrons. The fourth-order valence-electron chi connectivity index (χ4n) is 2.27. The monoisotopic (exact) mass is 267 g/mol. The quantitative estimate of drug-likeness (QED) is 0.811. The second kappa shape index (κ2) is 6.12. The van der Waals surface area contributed by atoms with Crippen LogP contribution in [0.1, 0.15) is 30.1 Å². The van der Waals surface area contributed by atoms with Crippen molar-refractivity contribution in [1.82, 2.24) is 0 Å². The molecule has 2 aromatic rings. The van der Waals surface area contributed by atoms with Gasteiger partial charge in [-0.25, -0.2) is 4.79 Å². The lowest BCUT2D eigenvalue weighted by atomic mass is 10.0. The molecule has 0 radical (unpaired) electrons. The normalized spacial score (nSPS) is 11.8. The maximum atomic E-state index is 11.3. The molecule has 0 aliphatic rings. The SMILES string of the molecule is C#CCC(CC)Nc1ccc(C(=O)O)c2ccccc12. The third-order valence-corrected chi connectivity index (χ3v) is 3.37. The summed E-state index contributed by atoms with van der Waals surface area (Å²) in [5.41, 5.74) is 1.24. The molecule has 0 bridgehead atoms. The Morgan fingerprint density at radius 2 is 2.00 bits per heavy atom. The minimum Gasteiger partial charge on any atom is -0.478 e. The fraction of sp³-hybridized carbons (Fsp3) is 0.235. The van der Waals surface area contributed by atoms with Gasteiger partial charge in [-0.05, 0) is 23.9 Å². The molecule has 2 aromatic carbocycles. The van der Waals surface area contributed by atoms with E-state index < -0.39 is 5.97 Å². The molecule has 0 spiro atoms. The van der Waals surface area contributed by atoms with Gasteiger partial charge in [0.05, 0.1) is 5.56 Å². The minimum absolute atomic E-state index is 0.194. The Bertz CT molecular complexity index is 670. The Kier molecular flexibility index (Phi) is 4.27. The number of hydrogen-bond donors (Lipinski definition) is 2. The van der Waals surface area contributed by atoms with Crippen molar-refractivity contribution in [2.75, 3.05) is 5.32 Å². The van der Waals surface area contributed by atoms with Gasteiger partial charge in [0.1, 0.15) is 0 Å². The highest BCUT2D eigenvalue weighted by molar-refractivity contribution is 6.07. The number of nitrogens with one attached hydrogen (secondary N) is 1. The molecule has 1 unspecified atom stereocenters. The van der Waals surface area contributed by atoms with E-state index in [1.807, 2.05) is 30.3 Å². The fourth-order valence-corrected chi connectivity index (χ4v) is 2.27. The van der Waals surface area contributed by atoms with Gasteiger partial charge in [0.25, 0.3) is 0 Å². The molecule has 0 aliphatic carbocycles. The summed E-state index contributed by atoms with van der Waals surface area (Å²) in [6.45, 7) is 2.07. The number of fused-ring (bicyclic) bond motifs is 1. The van der Waals surface area contributed by atoms with Crippen molar-refractivity contribution in [3.8, 4) is 12.3 Å². The first-order valence-corrected chi connectivity index (χ1v) is 6.62. The van der Waals surface area contributed by atoms with Crippen LogP contribution in [-0.2, 0) is 0 Å². The van der Waals surface area contributed by atoms with E-state index in [0.29, 0.717) is 12.0 Å². The number of carboxylic acid groups (broad SMARTS) is 1. The number of anilines is 1. The van der Waals surface area contributed by atoms with Crippen molar-refractivity contribution in [1.29, 1.82) is 0 Å². The van der Waals surface area contributed by atoms with E-state index in [1.54, 1.807) is 6.07 Å². The molecule has 0 saturated heterocycles. The van der Waals surface area contributed by atoms with E-state index in [4.69, 9.17) is 6.42 Å². The van der Waals surface area contributed by atoms with Crippen LogP contribution in [0.4, 0.5) is 5.69 Å². The number of carbonyl (C=O) groups is 1. The van der Waals surface area contributed by atoms with Gasteiger partial charge in [-0.2, -0.15) is 0 Å². The summed E-state index contributed by atoms with van der Waals surface area (Å²) in [5.74, 6) is 1.75. The van der Waals surface area contributed by atoms with Crippen molar-refractivity contribution < 1.29 is 9.90 Å². The predicted molar refractivity (Wildman–Crippen MR) is 82.1 cm³/mol. The summed E-state index contributed by atoms with van der Waals surface area (Å²) in [4.78, 5) is 11.3. The number of aromatic carboxylic acids is 1. The van der Waals surface area contributed by atoms with E-state index in [1.165, 1.54) is 0 Å². The van der Waals surface area contributed by atoms with Gasteiger partial charge in [0.15, 0.2) is 0 Å². The van der Waals surface area contributed by atoms with E-state index in [-0.39, 0.29) is 6.04 Å². The zero-order valence-electron chi connectivity index (χ0n) is 11.4. The lowest BCUT2D eigenvalue weighted by molar-refractivity contribution is 0.0699. The average Bonchev–Trinajstić information content (AvgIpc) is 2.46. The zero-order valence-corrected chi connectivity index (χ0v) is 11.4. The molecule has 2 N–H and O–H groups in total. The average molecular weight is 267 g/mol. The topological polar surface area (TPSA) is 49.3 Å². The van der Waals surface area contributed by atoms with Gasteiger partial charge in [-0.3, -0.25) is 0 Å². The molecule has 2 rings (SSSR count). The Morgan fingerprint density at radius 1 is 1.30 bits per heavy atom. The Morgan fingerprint density at radius 3 is 2.60 bits per heavy atom. The van der Waals surface area contributed by atoms with Crippen LogP contribution in [-0.4, -0.2) is 17.1 Å². The van der Waals surface area contributed by atoms with Crippen LogP contribution in [0.2, 0.25) is 0 Å². The van der Waals surface area contributed by atoms with Gasteiger partial charge in [0, 0.05) is 23.5 Å². The van der Waals surface area contributed by atoms with Crippen molar-refractivity contribution >= 4 is 22.4 Å². The smallest absolute Gasteiger partial charge is 0.336 e. The van der Waals surface area contributed by atoms with Gasteiger partial charge in [-0.1, -0.05) is 31.2 Å². The molecular weight excluding hydrogens is 250 g/mol. The summed E-state index contributed by atoms with van der Waals surface area (Å²) in [7, 11) is 0. The Labute approximate surface area is 118 Å². The lowest BCUT2D eigenvalue weighted by Crippen LogP contribution is -2.17. The molecule has 0 aliphatic heterocycles. The summed E-state index contributed by atoms with van der Waals surface area (Å²) in [6.07, 6.45) is 6.93. The first-order valence-electron chi connectivity index (χ1n) is 6.62. The van der Waals surface area contributed by atoms with Crippen LogP contribution in [0.3, 0.4) is 0 Å². The number of terminal acetylenes is 1. The lowest BCUT2D eigenvalue weighted by Gasteiger charge is -2.18. The van der Waals surface area contributed by atoms with Crippen LogP contribution >= 0.6 is 0 Å². The van der Waals surface area contributed by atoms with Crippen LogP contribution in [0.5, 0.6) is 0 Å². The number of hydrogen-bond acceptors (Lipinski definition) is 2. The van der Waals surface area contributed by atoms with E-state index >= 15 is 0 Å². The highest BCUT2D eigenvalue weighted by Crippen LogP contribution is 2.27. The highest BCUT2D eigenvalue weighted by Gasteiger charge is 2.12. The van der Waals surface area contributed by atoms with Crippen molar-refractivity contribution in [2.45, 2.75) is 25.8 Å². The molecule has 0 heterocycles. The summed E-state index contributed by atoms with van der Waals surface area (Å²) >= 11 is 0. The van der Waals surface area contributed by atoms with Crippen molar-refractivity contribution in [3.63, 3.8) is 0 Å². The number of rotatable bonds is 5. The minimum atomic E-state index is -0.914. The third kappa shape index (κ3) is 2.75. The number of carboxylic acids is 1. The molecule has 0 fully saturated rings. The molecular formula is C17H17NO2. The second-order valence-electron chi connectivity index (χ2n) is 4.67. The number of benzene rings is 2. The Balaban J connectivity index is 2.48. The summed E-state index contributed by atoms with van der Waals surface area (Å²) < 4.78 is 0. The van der Waals surface area contributed by atoms with Crippen LogP contribution in [0.25, 0.3) is 10.8 Å². The third-order valence-electron chi connectivity index (χ3n) is 3.37. The van der Waals surface area contributed by atoms with Crippen molar-refractivity contribution in [3.05, 3.63) is 42.0 Å². The summed E-state index contributed by atoms with van der Waals surface area (Å²) in [5, 5.41) is 14.3. The second-order valence-corrected chi connectivity index (χ2v) is 4.67. The van der Waals surface area contributed by atoms with Crippen LogP contribution < -0.4 is 5.32 Å². The van der Waals surface area contributed by atoms with E-state index in [2.05, 4.69) is 18.2 Å². The molecule has 20 heavy (non-hydrogen) atoms. The first kappa shape index (κ1) is 14.0. The highest BCUT2D eigenvalue weighted by atomic mass is 16.4. The van der Waals surface area contributed by atoms with E-state index in [0.717, 1.165) is 22.9 Å². The molecule has 0 amide bonds. The molecule has 3 heteroatoms. The maximum Gasteiger partial charge on any atom is 0.336 e. The summed E-state index contributed by atoms with van der Waals surface area (Å²) in [6, 6.07) is 11.1.